The number of ether oxygens (including phenoxy) is 2. The summed E-state index contributed by atoms with van der Waals surface area (Å²) in [6, 6.07) is 7.20. The summed E-state index contributed by atoms with van der Waals surface area (Å²) in [5.74, 6) is 0.777. The van der Waals surface area contributed by atoms with Gasteiger partial charge >= 0.3 is 5.97 Å². The Morgan fingerprint density at radius 1 is 1.32 bits per heavy atom. The molecule has 0 radical (unpaired) electrons. The van der Waals surface area contributed by atoms with Crippen LogP contribution in [0, 0.1) is 0 Å². The standard InChI is InChI=1S/C17H16N4O3S/c1-23-17(22)13-8-10(9-19-13)24-16-14-11(5-7-25-14)20-15(21-16)12-4-2-3-6-18-12/h2-7,10,13,19H,8-9H2,1H3/t10-,13+/m1/s1. The molecule has 0 aromatic carbocycles. The van der Waals surface area contributed by atoms with Crippen LogP contribution in [0.2, 0.25) is 0 Å². The second-order valence-corrected chi connectivity index (χ2v) is 6.58. The van der Waals surface area contributed by atoms with E-state index in [-0.39, 0.29) is 18.1 Å². The fourth-order valence-electron chi connectivity index (χ4n) is 2.80. The lowest BCUT2D eigenvalue weighted by Gasteiger charge is -2.13. The number of aromatic nitrogens is 3. The van der Waals surface area contributed by atoms with Crippen molar-refractivity contribution in [3.63, 3.8) is 0 Å². The van der Waals surface area contributed by atoms with Crippen molar-refractivity contribution in [3.8, 4) is 17.4 Å². The average Bonchev–Trinajstić information content (AvgIpc) is 3.31. The molecule has 7 nitrogen and oxygen atoms in total. The minimum atomic E-state index is -0.342. The highest BCUT2D eigenvalue weighted by Gasteiger charge is 2.32. The molecule has 25 heavy (non-hydrogen) atoms. The van der Waals surface area contributed by atoms with Crippen LogP contribution < -0.4 is 10.1 Å². The van der Waals surface area contributed by atoms with Crippen molar-refractivity contribution in [2.24, 2.45) is 0 Å². The quantitative estimate of drug-likeness (QED) is 0.716. The molecule has 128 valence electrons. The first-order chi connectivity index (χ1) is 12.2. The van der Waals surface area contributed by atoms with Crippen LogP contribution in [-0.4, -0.2) is 46.7 Å². The maximum absolute atomic E-state index is 11.7. The second kappa shape index (κ2) is 6.73. The van der Waals surface area contributed by atoms with Crippen LogP contribution in [-0.2, 0) is 9.53 Å². The molecule has 0 spiro atoms. The Kier molecular flexibility index (Phi) is 4.29. The molecule has 0 aliphatic carbocycles. The van der Waals surface area contributed by atoms with Gasteiger partial charge in [-0.3, -0.25) is 9.78 Å². The molecule has 1 fully saturated rings. The van der Waals surface area contributed by atoms with Crippen LogP contribution in [0.3, 0.4) is 0 Å². The van der Waals surface area contributed by atoms with Gasteiger partial charge in [-0.15, -0.1) is 11.3 Å². The van der Waals surface area contributed by atoms with Gasteiger partial charge in [-0.2, -0.15) is 4.98 Å². The molecule has 0 bridgehead atoms. The van der Waals surface area contributed by atoms with E-state index in [2.05, 4.69) is 20.3 Å². The van der Waals surface area contributed by atoms with Gasteiger partial charge in [-0.1, -0.05) is 6.07 Å². The minimum Gasteiger partial charge on any atom is -0.472 e. The molecule has 2 atom stereocenters. The van der Waals surface area contributed by atoms with Crippen molar-refractivity contribution >= 4 is 27.5 Å². The molecule has 0 saturated carbocycles. The Morgan fingerprint density at radius 2 is 2.24 bits per heavy atom. The van der Waals surface area contributed by atoms with E-state index in [9.17, 15) is 4.79 Å². The number of hydrogen-bond donors (Lipinski definition) is 1. The monoisotopic (exact) mass is 356 g/mol. The van der Waals surface area contributed by atoms with Gasteiger partial charge in [0.2, 0.25) is 5.88 Å². The number of carbonyl (C=O) groups is 1. The number of carbonyl (C=O) groups excluding carboxylic acids is 1. The third kappa shape index (κ3) is 3.18. The zero-order valence-electron chi connectivity index (χ0n) is 13.5. The molecule has 4 heterocycles. The van der Waals surface area contributed by atoms with Crippen LogP contribution in [0.15, 0.2) is 35.8 Å². The van der Waals surface area contributed by atoms with E-state index in [1.807, 2.05) is 29.6 Å². The first-order valence-corrected chi connectivity index (χ1v) is 8.77. The average molecular weight is 356 g/mol. The second-order valence-electron chi connectivity index (χ2n) is 5.66. The number of nitrogens with one attached hydrogen (secondary N) is 1. The van der Waals surface area contributed by atoms with Crippen LogP contribution in [0.1, 0.15) is 6.42 Å². The fourth-order valence-corrected chi connectivity index (χ4v) is 3.56. The van der Waals surface area contributed by atoms with E-state index in [1.165, 1.54) is 18.4 Å². The molecule has 1 saturated heterocycles. The zero-order valence-corrected chi connectivity index (χ0v) is 14.3. The summed E-state index contributed by atoms with van der Waals surface area (Å²) in [7, 11) is 1.39. The summed E-state index contributed by atoms with van der Waals surface area (Å²) >= 11 is 1.53. The number of pyridine rings is 1. The summed E-state index contributed by atoms with van der Waals surface area (Å²) in [5.41, 5.74) is 1.52. The Balaban J connectivity index is 1.63. The normalized spacial score (nSPS) is 19.9. The third-order valence-electron chi connectivity index (χ3n) is 4.02. The Hall–Kier alpha value is -2.58. The number of nitrogens with zero attached hydrogens (tertiary/aromatic N) is 3. The van der Waals surface area contributed by atoms with Crippen LogP contribution in [0.4, 0.5) is 0 Å². The summed E-state index contributed by atoms with van der Waals surface area (Å²) in [6.07, 6.45) is 2.10. The highest BCUT2D eigenvalue weighted by atomic mass is 32.1. The van der Waals surface area contributed by atoms with Gasteiger partial charge in [0.05, 0.1) is 12.6 Å². The predicted molar refractivity (Wildman–Crippen MR) is 93.5 cm³/mol. The number of thiophene rings is 1. The molecule has 1 aliphatic rings. The predicted octanol–water partition coefficient (Wildman–Crippen LogP) is 2.04. The summed E-state index contributed by atoms with van der Waals surface area (Å²) in [6.45, 7) is 0.565. The van der Waals surface area contributed by atoms with Crippen LogP contribution in [0.25, 0.3) is 21.7 Å². The molecule has 4 rings (SSSR count). The molecule has 8 heteroatoms. The highest BCUT2D eigenvalue weighted by molar-refractivity contribution is 7.17. The summed E-state index contributed by atoms with van der Waals surface area (Å²) in [5, 5.41) is 5.07. The van der Waals surface area contributed by atoms with Gasteiger partial charge in [0.1, 0.15) is 22.5 Å². The molecular weight excluding hydrogens is 340 g/mol. The number of fused-ring (bicyclic) bond motifs is 1. The lowest BCUT2D eigenvalue weighted by atomic mass is 10.2. The lowest BCUT2D eigenvalue weighted by Crippen LogP contribution is -2.31. The van der Waals surface area contributed by atoms with Crippen molar-refractivity contribution in [2.45, 2.75) is 18.6 Å². The largest absolute Gasteiger partial charge is 0.472 e. The lowest BCUT2D eigenvalue weighted by molar-refractivity contribution is -0.142. The van der Waals surface area contributed by atoms with Crippen LogP contribution >= 0.6 is 11.3 Å². The van der Waals surface area contributed by atoms with Gasteiger partial charge in [0.15, 0.2) is 5.82 Å². The van der Waals surface area contributed by atoms with E-state index in [4.69, 9.17) is 9.47 Å². The number of esters is 1. The van der Waals surface area contributed by atoms with Crippen molar-refractivity contribution in [3.05, 3.63) is 35.8 Å². The van der Waals surface area contributed by atoms with Crippen LogP contribution in [0.5, 0.6) is 5.88 Å². The molecular formula is C17H16N4O3S. The third-order valence-corrected chi connectivity index (χ3v) is 4.91. The van der Waals surface area contributed by atoms with Crippen molar-refractivity contribution in [1.82, 2.24) is 20.3 Å². The SMILES string of the molecule is COC(=O)[C@@H]1C[C@@H](Oc2nc(-c3ccccn3)nc3ccsc23)CN1. The number of rotatable bonds is 4. The van der Waals surface area contributed by atoms with E-state index < -0.39 is 0 Å². The Labute approximate surface area is 148 Å². The fraction of sp³-hybridized carbons (Fsp3) is 0.294. The highest BCUT2D eigenvalue weighted by Crippen LogP contribution is 2.31. The van der Waals surface area contributed by atoms with E-state index >= 15 is 0 Å². The molecule has 3 aromatic heterocycles. The van der Waals surface area contributed by atoms with Crippen molar-refractivity contribution in [2.75, 3.05) is 13.7 Å². The Morgan fingerprint density at radius 3 is 3.04 bits per heavy atom. The first kappa shape index (κ1) is 15.9. The molecule has 1 aliphatic heterocycles. The van der Waals surface area contributed by atoms with Crippen molar-refractivity contribution < 1.29 is 14.3 Å². The van der Waals surface area contributed by atoms with Crippen molar-refractivity contribution in [1.29, 1.82) is 0 Å². The molecule has 1 N–H and O–H groups in total. The number of hydrogen-bond acceptors (Lipinski definition) is 8. The molecule has 3 aromatic rings. The van der Waals surface area contributed by atoms with E-state index in [0.717, 1.165) is 10.2 Å². The Bertz CT molecular complexity index is 899. The molecule has 0 amide bonds. The smallest absolute Gasteiger partial charge is 0.323 e. The maximum atomic E-state index is 11.7. The summed E-state index contributed by atoms with van der Waals surface area (Å²) in [4.78, 5) is 25.1. The van der Waals surface area contributed by atoms with Gasteiger partial charge in [-0.25, -0.2) is 4.98 Å². The van der Waals surface area contributed by atoms with Gasteiger partial charge in [0.25, 0.3) is 0 Å². The van der Waals surface area contributed by atoms with E-state index in [1.54, 1.807) is 6.20 Å². The summed E-state index contributed by atoms with van der Waals surface area (Å²) < 4.78 is 11.8. The van der Waals surface area contributed by atoms with E-state index in [0.29, 0.717) is 30.4 Å². The maximum Gasteiger partial charge on any atom is 0.323 e. The topological polar surface area (TPSA) is 86.2 Å². The van der Waals surface area contributed by atoms with Gasteiger partial charge in [0, 0.05) is 19.2 Å². The molecule has 0 unspecified atom stereocenters. The first-order valence-electron chi connectivity index (χ1n) is 7.89. The zero-order chi connectivity index (χ0) is 17.2. The van der Waals surface area contributed by atoms with Gasteiger partial charge < -0.3 is 14.8 Å². The number of methoxy groups -OCH3 is 1. The minimum absolute atomic E-state index is 0.152. The van der Waals surface area contributed by atoms with Gasteiger partial charge in [-0.05, 0) is 23.6 Å².